The van der Waals surface area contributed by atoms with Gasteiger partial charge in [-0.15, -0.1) is 11.3 Å². The molecule has 2 aromatic heterocycles. The molecule has 0 radical (unpaired) electrons. The fourth-order valence-electron chi connectivity index (χ4n) is 4.08. The summed E-state index contributed by atoms with van der Waals surface area (Å²) in [6.45, 7) is 2.08. The van der Waals surface area contributed by atoms with E-state index in [1.165, 1.54) is 29.2 Å². The first-order valence-corrected chi connectivity index (χ1v) is 13.0. The van der Waals surface area contributed by atoms with Crippen molar-refractivity contribution in [1.82, 2.24) is 20.6 Å². The average molecular weight is 546 g/mol. The number of nitrogens with zero attached hydrogens (tertiary/aromatic N) is 3. The highest BCUT2D eigenvalue weighted by atomic mass is 32.1. The molecule has 1 aliphatic rings. The summed E-state index contributed by atoms with van der Waals surface area (Å²) in [5, 5.41) is 7.89. The van der Waals surface area contributed by atoms with Crippen LogP contribution in [0.1, 0.15) is 23.0 Å². The summed E-state index contributed by atoms with van der Waals surface area (Å²) >= 11 is 1.37. The van der Waals surface area contributed by atoms with Gasteiger partial charge in [-0.25, -0.2) is 14.2 Å². The molecule has 0 bridgehead atoms. The molecule has 0 saturated carbocycles. The van der Waals surface area contributed by atoms with Gasteiger partial charge >= 0.3 is 6.09 Å². The fourth-order valence-corrected chi connectivity index (χ4v) is 4.87. The lowest BCUT2D eigenvalue weighted by Crippen LogP contribution is -2.33. The number of thiazole rings is 1. The molecule has 198 valence electrons. The van der Waals surface area contributed by atoms with Crippen molar-refractivity contribution in [2.45, 2.75) is 19.6 Å². The Morgan fingerprint density at radius 2 is 1.95 bits per heavy atom. The van der Waals surface area contributed by atoms with Crippen LogP contribution in [0.25, 0.3) is 21.7 Å². The number of carbonyl (C=O) groups is 3. The molecule has 1 aliphatic heterocycles. The van der Waals surface area contributed by atoms with Crippen LogP contribution in [0, 0.1) is 5.82 Å². The number of amides is 3. The minimum absolute atomic E-state index is 0.196. The summed E-state index contributed by atoms with van der Waals surface area (Å²) in [4.78, 5) is 45.7. The third kappa shape index (κ3) is 6.10. The summed E-state index contributed by atoms with van der Waals surface area (Å²) < 4.78 is 20.3. The Hall–Kier alpha value is -4.64. The van der Waals surface area contributed by atoms with Crippen LogP contribution < -0.4 is 15.5 Å². The third-order valence-electron chi connectivity index (χ3n) is 6.08. The molecule has 3 amide bonds. The predicted molar refractivity (Wildman–Crippen MR) is 145 cm³/mol. The molecular weight excluding hydrogens is 521 g/mol. The van der Waals surface area contributed by atoms with Crippen molar-refractivity contribution in [3.63, 3.8) is 0 Å². The number of cyclic esters (lactones) is 1. The van der Waals surface area contributed by atoms with Gasteiger partial charge in [0.25, 0.3) is 5.91 Å². The molecule has 2 aromatic carbocycles. The maximum Gasteiger partial charge on any atom is 0.414 e. The Labute approximate surface area is 227 Å². The van der Waals surface area contributed by atoms with Crippen molar-refractivity contribution in [1.29, 1.82) is 0 Å². The zero-order chi connectivity index (χ0) is 27.4. The molecule has 39 heavy (non-hydrogen) atoms. The highest BCUT2D eigenvalue weighted by molar-refractivity contribution is 7.13. The maximum atomic E-state index is 15.0. The highest BCUT2D eigenvalue weighted by Crippen LogP contribution is 2.29. The summed E-state index contributed by atoms with van der Waals surface area (Å²) in [5.41, 5.74) is 3.44. The average Bonchev–Trinajstić information content (AvgIpc) is 3.59. The van der Waals surface area contributed by atoms with Crippen LogP contribution in [0.2, 0.25) is 0 Å². The number of hydrogen-bond donors (Lipinski definition) is 2. The smallest absolute Gasteiger partial charge is 0.414 e. The van der Waals surface area contributed by atoms with Crippen molar-refractivity contribution in [3.05, 3.63) is 89.4 Å². The second kappa shape index (κ2) is 11.4. The molecule has 2 N–H and O–H groups in total. The predicted octanol–water partition coefficient (Wildman–Crippen LogP) is 4.40. The molecule has 1 saturated heterocycles. The Kier molecular flexibility index (Phi) is 7.60. The third-order valence-corrected chi connectivity index (χ3v) is 6.97. The molecule has 9 nitrogen and oxygen atoms in total. The van der Waals surface area contributed by atoms with Gasteiger partial charge in [0.1, 0.15) is 22.6 Å². The van der Waals surface area contributed by atoms with Crippen LogP contribution in [-0.4, -0.2) is 47.1 Å². The van der Waals surface area contributed by atoms with E-state index >= 15 is 4.39 Å². The molecule has 3 heterocycles. The van der Waals surface area contributed by atoms with Crippen LogP contribution >= 0.6 is 11.3 Å². The van der Waals surface area contributed by atoms with Crippen LogP contribution in [0.15, 0.2) is 72.4 Å². The molecule has 0 unspecified atom stereocenters. The molecule has 1 fully saturated rings. The number of pyridine rings is 1. The lowest BCUT2D eigenvalue weighted by Gasteiger charge is -2.15. The number of nitrogens with one attached hydrogen (secondary N) is 2. The van der Waals surface area contributed by atoms with Crippen LogP contribution in [0.5, 0.6) is 0 Å². The summed E-state index contributed by atoms with van der Waals surface area (Å²) in [7, 11) is 0. The molecule has 11 heteroatoms. The van der Waals surface area contributed by atoms with Gasteiger partial charge in [0.05, 0.1) is 18.8 Å². The molecule has 1 atom stereocenters. The van der Waals surface area contributed by atoms with Gasteiger partial charge in [0.15, 0.2) is 0 Å². The maximum absolute atomic E-state index is 15.0. The minimum atomic E-state index is -0.588. The SMILES string of the molecule is CC(=O)NC[C@H]1CN(c2ccc(-c3ccc(CNC(=O)c4csc(-c5cccnc5)n4)cc3)c(F)c2)C(=O)O1. The summed E-state index contributed by atoms with van der Waals surface area (Å²) in [6, 6.07) is 15.4. The lowest BCUT2D eigenvalue weighted by molar-refractivity contribution is -0.119. The van der Waals surface area contributed by atoms with Gasteiger partial charge in [0, 0.05) is 42.4 Å². The van der Waals surface area contributed by atoms with Gasteiger partial charge in [-0.2, -0.15) is 0 Å². The number of hydrogen-bond acceptors (Lipinski definition) is 7. The van der Waals surface area contributed by atoms with Crippen LogP contribution in [0.3, 0.4) is 0 Å². The zero-order valence-electron chi connectivity index (χ0n) is 20.9. The first-order chi connectivity index (χ1) is 18.9. The number of benzene rings is 2. The van der Waals surface area contributed by atoms with E-state index in [-0.39, 0.29) is 31.4 Å². The molecule has 0 spiro atoms. The van der Waals surface area contributed by atoms with E-state index in [4.69, 9.17) is 4.74 Å². The summed E-state index contributed by atoms with van der Waals surface area (Å²) in [6.07, 6.45) is 2.29. The van der Waals surface area contributed by atoms with E-state index in [2.05, 4.69) is 20.6 Å². The van der Waals surface area contributed by atoms with E-state index in [1.54, 1.807) is 42.0 Å². The number of anilines is 1. The van der Waals surface area contributed by atoms with Crippen molar-refractivity contribution in [2.24, 2.45) is 0 Å². The van der Waals surface area contributed by atoms with E-state index in [1.807, 2.05) is 24.3 Å². The molecular formula is C28H24FN5O4S. The second-order valence-electron chi connectivity index (χ2n) is 8.88. The van der Waals surface area contributed by atoms with E-state index < -0.39 is 18.0 Å². The number of carbonyl (C=O) groups excluding carboxylic acids is 3. The number of rotatable bonds is 8. The van der Waals surface area contributed by atoms with Gasteiger partial charge in [0.2, 0.25) is 5.91 Å². The second-order valence-corrected chi connectivity index (χ2v) is 9.73. The topological polar surface area (TPSA) is 114 Å². The fraction of sp³-hybridized carbons (Fsp3) is 0.179. The normalized spacial score (nSPS) is 14.7. The van der Waals surface area contributed by atoms with Gasteiger partial charge in [-0.3, -0.25) is 19.5 Å². The van der Waals surface area contributed by atoms with Crippen molar-refractivity contribution in [3.8, 4) is 21.7 Å². The standard InChI is InChI=1S/C28H24FN5O4S/c1-17(35)31-14-22-15-34(28(37)38-22)21-8-9-23(24(29)11-21)19-6-4-18(5-7-19)12-32-26(36)25-16-39-27(33-25)20-3-2-10-30-13-20/h2-11,13,16,22H,12,14-15H2,1H3,(H,31,35)(H,32,36)/t22-/m0/s1. The first-order valence-electron chi connectivity index (χ1n) is 12.1. The monoisotopic (exact) mass is 545 g/mol. The lowest BCUT2D eigenvalue weighted by atomic mass is 10.0. The molecule has 5 rings (SSSR count). The quantitative estimate of drug-likeness (QED) is 0.339. The van der Waals surface area contributed by atoms with Gasteiger partial charge in [-0.1, -0.05) is 24.3 Å². The Morgan fingerprint density at radius 1 is 1.13 bits per heavy atom. The van der Waals surface area contributed by atoms with E-state index in [0.717, 1.165) is 16.1 Å². The number of halogens is 1. The largest absolute Gasteiger partial charge is 0.442 e. The van der Waals surface area contributed by atoms with Crippen LogP contribution in [0.4, 0.5) is 14.9 Å². The molecule has 4 aromatic rings. The minimum Gasteiger partial charge on any atom is -0.442 e. The van der Waals surface area contributed by atoms with E-state index in [0.29, 0.717) is 22.5 Å². The van der Waals surface area contributed by atoms with Crippen molar-refractivity contribution >= 4 is 34.9 Å². The van der Waals surface area contributed by atoms with Crippen LogP contribution in [-0.2, 0) is 16.1 Å². The van der Waals surface area contributed by atoms with Gasteiger partial charge < -0.3 is 15.4 Å². The molecule has 0 aliphatic carbocycles. The number of aromatic nitrogens is 2. The highest BCUT2D eigenvalue weighted by Gasteiger charge is 2.32. The van der Waals surface area contributed by atoms with E-state index in [9.17, 15) is 14.4 Å². The van der Waals surface area contributed by atoms with Crippen molar-refractivity contribution < 1.29 is 23.5 Å². The summed E-state index contributed by atoms with van der Waals surface area (Å²) in [5.74, 6) is -0.991. The van der Waals surface area contributed by atoms with Gasteiger partial charge in [-0.05, 0) is 41.5 Å². The zero-order valence-corrected chi connectivity index (χ0v) is 21.7. The van der Waals surface area contributed by atoms with Crippen molar-refractivity contribution in [2.75, 3.05) is 18.0 Å². The Balaban J connectivity index is 1.19. The Morgan fingerprint density at radius 3 is 2.67 bits per heavy atom. The first kappa shape index (κ1) is 26.0. The number of ether oxygens (including phenoxy) is 1. The Bertz CT molecular complexity index is 1510.